The first-order valence-electron chi connectivity index (χ1n) is 8.35. The average molecular weight is 373 g/mol. The molecule has 0 aromatic heterocycles. The lowest BCUT2D eigenvalue weighted by molar-refractivity contribution is -0.132. The lowest BCUT2D eigenvalue weighted by Gasteiger charge is -2.33. The second-order valence-electron chi connectivity index (χ2n) is 6.19. The molecule has 1 fully saturated rings. The SMILES string of the molecule is O=C1NC2(CCOc3ccccc32)C(=O)N1CCOc1ccc(Cl)cc1. The molecule has 2 aromatic rings. The van der Waals surface area contributed by atoms with Gasteiger partial charge in [-0.2, -0.15) is 0 Å². The number of hydrogen-bond acceptors (Lipinski definition) is 4. The van der Waals surface area contributed by atoms with Crippen LogP contribution in [0.4, 0.5) is 4.79 Å². The molecule has 1 unspecified atom stereocenters. The van der Waals surface area contributed by atoms with Crippen molar-refractivity contribution in [1.29, 1.82) is 0 Å². The molecule has 26 heavy (non-hydrogen) atoms. The minimum absolute atomic E-state index is 0.165. The largest absolute Gasteiger partial charge is 0.493 e. The van der Waals surface area contributed by atoms with Crippen LogP contribution in [0.25, 0.3) is 0 Å². The number of nitrogens with zero attached hydrogens (tertiary/aromatic N) is 1. The molecule has 2 heterocycles. The summed E-state index contributed by atoms with van der Waals surface area (Å²) in [6, 6.07) is 13.8. The number of para-hydroxylation sites is 1. The van der Waals surface area contributed by atoms with Crippen molar-refractivity contribution in [2.24, 2.45) is 0 Å². The van der Waals surface area contributed by atoms with E-state index in [4.69, 9.17) is 21.1 Å². The number of rotatable bonds is 4. The molecular formula is C19H17ClN2O4. The summed E-state index contributed by atoms with van der Waals surface area (Å²) in [5, 5.41) is 3.48. The van der Waals surface area contributed by atoms with E-state index in [2.05, 4.69) is 5.32 Å². The number of halogens is 1. The second-order valence-corrected chi connectivity index (χ2v) is 6.63. The Morgan fingerprint density at radius 3 is 2.73 bits per heavy atom. The highest BCUT2D eigenvalue weighted by Gasteiger charge is 2.54. The van der Waals surface area contributed by atoms with Gasteiger partial charge in [0.05, 0.1) is 13.2 Å². The fraction of sp³-hybridized carbons (Fsp3) is 0.263. The van der Waals surface area contributed by atoms with E-state index in [0.717, 1.165) is 0 Å². The molecule has 134 valence electrons. The number of ether oxygens (including phenoxy) is 2. The van der Waals surface area contributed by atoms with Gasteiger partial charge in [-0.3, -0.25) is 9.69 Å². The third-order valence-electron chi connectivity index (χ3n) is 4.65. The standard InChI is InChI=1S/C19H17ClN2O4/c20-13-5-7-14(8-6-13)25-12-10-22-17(23)19(21-18(22)24)9-11-26-16-4-2-1-3-15(16)19/h1-8H,9-12H2,(H,21,24). The number of carbonyl (C=O) groups excluding carboxylic acids is 2. The normalized spacial score (nSPS) is 21.3. The average Bonchev–Trinajstić information content (AvgIpc) is 2.88. The predicted octanol–water partition coefficient (Wildman–Crippen LogP) is 2.95. The Balaban J connectivity index is 1.49. The van der Waals surface area contributed by atoms with Crippen molar-refractivity contribution in [3.63, 3.8) is 0 Å². The van der Waals surface area contributed by atoms with E-state index in [1.165, 1.54) is 4.90 Å². The predicted molar refractivity (Wildman–Crippen MR) is 95.4 cm³/mol. The lowest BCUT2D eigenvalue weighted by Crippen LogP contribution is -2.47. The molecule has 7 heteroatoms. The van der Waals surface area contributed by atoms with E-state index in [0.29, 0.717) is 35.1 Å². The van der Waals surface area contributed by atoms with Gasteiger partial charge in [-0.25, -0.2) is 4.79 Å². The van der Waals surface area contributed by atoms with E-state index in [-0.39, 0.29) is 19.1 Å². The number of nitrogens with one attached hydrogen (secondary N) is 1. The Hall–Kier alpha value is -2.73. The monoisotopic (exact) mass is 372 g/mol. The van der Waals surface area contributed by atoms with Crippen LogP contribution in [-0.2, 0) is 10.3 Å². The molecule has 0 aliphatic carbocycles. The van der Waals surface area contributed by atoms with Crippen LogP contribution in [0.1, 0.15) is 12.0 Å². The third kappa shape index (κ3) is 2.76. The van der Waals surface area contributed by atoms with Crippen molar-refractivity contribution >= 4 is 23.5 Å². The summed E-state index contributed by atoms with van der Waals surface area (Å²) >= 11 is 5.84. The highest BCUT2D eigenvalue weighted by molar-refractivity contribution is 6.30. The molecule has 0 saturated carbocycles. The van der Waals surface area contributed by atoms with Crippen molar-refractivity contribution in [3.05, 3.63) is 59.1 Å². The van der Waals surface area contributed by atoms with Gasteiger partial charge in [-0.1, -0.05) is 29.8 Å². The zero-order valence-corrected chi connectivity index (χ0v) is 14.7. The quantitative estimate of drug-likeness (QED) is 0.838. The van der Waals surface area contributed by atoms with E-state index in [9.17, 15) is 9.59 Å². The van der Waals surface area contributed by atoms with Gasteiger partial charge < -0.3 is 14.8 Å². The first-order chi connectivity index (χ1) is 12.6. The molecule has 1 atom stereocenters. The molecule has 1 spiro atoms. The highest BCUT2D eigenvalue weighted by Crippen LogP contribution is 2.40. The molecule has 2 aliphatic heterocycles. The maximum Gasteiger partial charge on any atom is 0.325 e. The fourth-order valence-electron chi connectivity index (χ4n) is 3.36. The third-order valence-corrected chi connectivity index (χ3v) is 4.91. The Kier molecular flexibility index (Phi) is 4.20. The van der Waals surface area contributed by atoms with Crippen molar-refractivity contribution in [2.75, 3.05) is 19.8 Å². The summed E-state index contributed by atoms with van der Waals surface area (Å²) in [6.45, 7) is 0.741. The van der Waals surface area contributed by atoms with Gasteiger partial charge in [-0.15, -0.1) is 0 Å². The lowest BCUT2D eigenvalue weighted by atomic mass is 9.84. The molecule has 0 radical (unpaired) electrons. The maximum atomic E-state index is 13.1. The van der Waals surface area contributed by atoms with Gasteiger partial charge in [0.15, 0.2) is 5.54 Å². The minimum atomic E-state index is -1.05. The smallest absolute Gasteiger partial charge is 0.325 e. The van der Waals surface area contributed by atoms with E-state index < -0.39 is 11.6 Å². The zero-order valence-electron chi connectivity index (χ0n) is 13.9. The van der Waals surface area contributed by atoms with Crippen LogP contribution in [0.2, 0.25) is 5.02 Å². The Labute approximate surface area is 155 Å². The summed E-state index contributed by atoms with van der Waals surface area (Å²) in [5.41, 5.74) is -0.350. The Morgan fingerprint density at radius 2 is 1.92 bits per heavy atom. The number of carbonyl (C=O) groups is 2. The second kappa shape index (κ2) is 6.53. The summed E-state index contributed by atoms with van der Waals surface area (Å²) in [4.78, 5) is 26.7. The number of urea groups is 1. The highest BCUT2D eigenvalue weighted by atomic mass is 35.5. The van der Waals surface area contributed by atoms with Gasteiger partial charge in [-0.05, 0) is 30.3 Å². The summed E-state index contributed by atoms with van der Waals surface area (Å²) in [7, 11) is 0. The maximum absolute atomic E-state index is 13.1. The van der Waals surface area contributed by atoms with E-state index in [1.807, 2.05) is 24.3 Å². The molecule has 3 amide bonds. The van der Waals surface area contributed by atoms with Gasteiger partial charge >= 0.3 is 6.03 Å². The van der Waals surface area contributed by atoms with E-state index in [1.54, 1.807) is 24.3 Å². The van der Waals surface area contributed by atoms with Crippen molar-refractivity contribution in [2.45, 2.75) is 12.0 Å². The van der Waals surface area contributed by atoms with Crippen molar-refractivity contribution < 1.29 is 19.1 Å². The van der Waals surface area contributed by atoms with Crippen LogP contribution in [0.15, 0.2) is 48.5 Å². The molecule has 1 saturated heterocycles. The van der Waals surface area contributed by atoms with Gasteiger partial charge in [0.2, 0.25) is 0 Å². The van der Waals surface area contributed by atoms with Crippen LogP contribution in [-0.4, -0.2) is 36.6 Å². The van der Waals surface area contributed by atoms with Crippen LogP contribution in [0.5, 0.6) is 11.5 Å². The Morgan fingerprint density at radius 1 is 1.15 bits per heavy atom. The fourth-order valence-corrected chi connectivity index (χ4v) is 3.49. The van der Waals surface area contributed by atoms with Crippen LogP contribution in [0, 0.1) is 0 Å². The molecule has 2 aliphatic rings. The van der Waals surface area contributed by atoms with Crippen LogP contribution >= 0.6 is 11.6 Å². The van der Waals surface area contributed by atoms with Gasteiger partial charge in [0.1, 0.15) is 18.1 Å². The van der Waals surface area contributed by atoms with Gasteiger partial charge in [0, 0.05) is 17.0 Å². The molecule has 2 aromatic carbocycles. The summed E-state index contributed by atoms with van der Waals surface area (Å²) < 4.78 is 11.2. The van der Waals surface area contributed by atoms with Crippen LogP contribution in [0.3, 0.4) is 0 Å². The molecule has 1 N–H and O–H groups in total. The van der Waals surface area contributed by atoms with Gasteiger partial charge in [0.25, 0.3) is 5.91 Å². The Bertz CT molecular complexity index is 855. The minimum Gasteiger partial charge on any atom is -0.493 e. The first kappa shape index (κ1) is 16.7. The number of benzene rings is 2. The van der Waals surface area contributed by atoms with Crippen molar-refractivity contribution in [3.8, 4) is 11.5 Å². The number of fused-ring (bicyclic) bond motifs is 2. The van der Waals surface area contributed by atoms with Crippen LogP contribution < -0.4 is 14.8 Å². The zero-order chi connectivity index (χ0) is 18.1. The molecule has 0 bridgehead atoms. The summed E-state index contributed by atoms with van der Waals surface area (Å²) in [5.74, 6) is 0.997. The first-order valence-corrected chi connectivity index (χ1v) is 8.73. The topological polar surface area (TPSA) is 67.9 Å². The summed E-state index contributed by atoms with van der Waals surface area (Å²) in [6.07, 6.45) is 0.406. The van der Waals surface area contributed by atoms with Crippen molar-refractivity contribution in [1.82, 2.24) is 10.2 Å². The van der Waals surface area contributed by atoms with E-state index >= 15 is 0 Å². The molecule has 6 nitrogen and oxygen atoms in total. The number of imide groups is 1. The molecule has 4 rings (SSSR count). The number of amides is 3. The number of hydrogen-bond donors (Lipinski definition) is 1. The molecular weight excluding hydrogens is 356 g/mol.